The predicted molar refractivity (Wildman–Crippen MR) is 123 cm³/mol. The molecule has 0 aromatic carbocycles. The van der Waals surface area contributed by atoms with Gasteiger partial charge in [-0.05, 0) is 18.9 Å². The van der Waals surface area contributed by atoms with Gasteiger partial charge >= 0.3 is 6.18 Å². The monoisotopic (exact) mass is 534 g/mol. The molecule has 1 atom stereocenters. The summed E-state index contributed by atoms with van der Waals surface area (Å²) in [5, 5.41) is 16.3. The predicted octanol–water partition coefficient (Wildman–Crippen LogP) is 2.39. The summed E-state index contributed by atoms with van der Waals surface area (Å²) in [7, 11) is 0. The van der Waals surface area contributed by atoms with Crippen LogP contribution >= 0.6 is 0 Å². The van der Waals surface area contributed by atoms with E-state index in [-0.39, 0.29) is 42.6 Å². The number of hydrogen-bond donors (Lipinski definition) is 3. The van der Waals surface area contributed by atoms with Crippen molar-refractivity contribution in [2.75, 3.05) is 18.8 Å². The van der Waals surface area contributed by atoms with Crippen LogP contribution in [0.2, 0.25) is 0 Å². The molecule has 3 rings (SSSR count). The van der Waals surface area contributed by atoms with Crippen LogP contribution in [0.5, 0.6) is 5.88 Å². The second-order valence-corrected chi connectivity index (χ2v) is 9.29. The summed E-state index contributed by atoms with van der Waals surface area (Å²) in [5.41, 5.74) is 3.66. The Labute approximate surface area is 207 Å². The maximum Gasteiger partial charge on any atom is 0.408 e. The molecule has 0 unspecified atom stereocenters. The van der Waals surface area contributed by atoms with Crippen LogP contribution in [0.4, 0.5) is 27.8 Å². The molecule has 0 radical (unpaired) electrons. The lowest BCUT2D eigenvalue weighted by atomic mass is 10.1. The van der Waals surface area contributed by atoms with Crippen molar-refractivity contribution in [1.82, 2.24) is 24.4 Å². The Hall–Kier alpha value is -3.65. The summed E-state index contributed by atoms with van der Waals surface area (Å²) in [6.45, 7) is 3.83. The van der Waals surface area contributed by atoms with Crippen molar-refractivity contribution in [3.63, 3.8) is 0 Å². The highest BCUT2D eigenvalue weighted by Gasteiger charge is 2.39. The highest BCUT2D eigenvalue weighted by molar-refractivity contribution is 5.97. The minimum atomic E-state index is -4.79. The lowest BCUT2D eigenvalue weighted by Gasteiger charge is -2.30. The summed E-state index contributed by atoms with van der Waals surface area (Å²) >= 11 is 0. The first-order chi connectivity index (χ1) is 17.0. The topological polar surface area (TPSA) is 135 Å². The third-order valence-electron chi connectivity index (χ3n) is 5.88. The van der Waals surface area contributed by atoms with E-state index in [9.17, 15) is 41.4 Å². The molecule has 0 aliphatic carbocycles. The molecule has 1 fully saturated rings. The van der Waals surface area contributed by atoms with Gasteiger partial charge < -0.3 is 21.1 Å². The second kappa shape index (κ2) is 10.0. The zero-order valence-corrected chi connectivity index (χ0v) is 20.3. The molecule has 0 spiro atoms. The molecule has 15 heteroatoms. The van der Waals surface area contributed by atoms with Gasteiger partial charge in [-0.2, -0.15) is 17.7 Å². The maximum absolute atomic E-state index is 13.4. The highest BCUT2D eigenvalue weighted by atomic mass is 19.4. The number of nitrogens with one attached hydrogen (secondary N) is 1. The molecular formula is C22H27F5N6O4. The van der Waals surface area contributed by atoms with Gasteiger partial charge in [0.15, 0.2) is 17.0 Å². The van der Waals surface area contributed by atoms with E-state index < -0.39 is 59.8 Å². The second-order valence-electron chi connectivity index (χ2n) is 9.29. The van der Waals surface area contributed by atoms with Crippen molar-refractivity contribution in [2.45, 2.75) is 58.3 Å². The molecule has 0 bridgehead atoms. The van der Waals surface area contributed by atoms with Crippen LogP contribution in [-0.2, 0) is 11.3 Å². The average Bonchev–Trinajstić information content (AvgIpc) is 3.10. The lowest BCUT2D eigenvalue weighted by molar-refractivity contribution is -0.149. The summed E-state index contributed by atoms with van der Waals surface area (Å²) < 4.78 is 67.4. The van der Waals surface area contributed by atoms with Gasteiger partial charge in [0.25, 0.3) is 17.4 Å². The van der Waals surface area contributed by atoms with E-state index in [4.69, 9.17) is 5.73 Å². The first-order valence-corrected chi connectivity index (χ1v) is 11.4. The Kier molecular flexibility index (Phi) is 7.56. The minimum absolute atomic E-state index is 0.00809. The van der Waals surface area contributed by atoms with Gasteiger partial charge in [0.2, 0.25) is 11.8 Å². The van der Waals surface area contributed by atoms with Crippen LogP contribution in [0.3, 0.4) is 0 Å². The standard InChI is InChI=1S/C22H27F5N6O4/c1-11(2)10-32-18-13(4-5-14(34)31-8-6-21(23,24)7-9-31)16(28)30-33(18)20(37)15(19(32)36)17(35)29-12(3)22(25,26)27/h4-5,11-12,36H,6-10H2,1-3H3,(H2,28,30)(H,29,35)/b5-4+/t12-/m0/s1. The number of anilines is 1. The normalized spacial score (nSPS) is 17.1. The van der Waals surface area contributed by atoms with Crippen molar-refractivity contribution in [2.24, 2.45) is 5.92 Å². The summed E-state index contributed by atoms with van der Waals surface area (Å²) in [5.74, 6) is -6.27. The van der Waals surface area contributed by atoms with Gasteiger partial charge in [0.1, 0.15) is 6.04 Å². The van der Waals surface area contributed by atoms with Crippen LogP contribution in [0.15, 0.2) is 10.9 Å². The zero-order valence-electron chi connectivity index (χ0n) is 20.3. The van der Waals surface area contributed by atoms with E-state index in [2.05, 4.69) is 5.10 Å². The third-order valence-corrected chi connectivity index (χ3v) is 5.88. The van der Waals surface area contributed by atoms with Crippen molar-refractivity contribution in [3.05, 3.63) is 27.6 Å². The largest absolute Gasteiger partial charge is 0.494 e. The Bertz CT molecular complexity index is 1290. The Morgan fingerprint density at radius 2 is 1.81 bits per heavy atom. The fourth-order valence-corrected chi connectivity index (χ4v) is 3.84. The number of amides is 2. The molecule has 1 saturated heterocycles. The van der Waals surface area contributed by atoms with Crippen molar-refractivity contribution in [3.8, 4) is 5.88 Å². The number of likely N-dealkylation sites (tertiary alicyclic amines) is 1. The molecule has 2 amide bonds. The number of alkyl halides is 5. The molecule has 37 heavy (non-hydrogen) atoms. The van der Waals surface area contributed by atoms with Crippen molar-refractivity contribution < 1.29 is 36.6 Å². The molecule has 1 aliphatic heterocycles. The highest BCUT2D eigenvalue weighted by Crippen LogP contribution is 2.29. The average molecular weight is 534 g/mol. The van der Waals surface area contributed by atoms with Gasteiger partial charge in [-0.25, -0.2) is 8.78 Å². The number of halogens is 5. The molecule has 3 heterocycles. The van der Waals surface area contributed by atoms with E-state index in [1.165, 1.54) is 11.0 Å². The molecule has 2 aromatic heterocycles. The van der Waals surface area contributed by atoms with Crippen LogP contribution in [0, 0.1) is 5.92 Å². The number of nitrogen functional groups attached to an aromatic ring is 1. The first kappa shape index (κ1) is 27.9. The van der Waals surface area contributed by atoms with Crippen molar-refractivity contribution >= 4 is 29.4 Å². The van der Waals surface area contributed by atoms with E-state index >= 15 is 0 Å². The maximum atomic E-state index is 13.4. The molecule has 1 aliphatic rings. The van der Waals surface area contributed by atoms with E-state index in [0.717, 1.165) is 10.6 Å². The first-order valence-electron chi connectivity index (χ1n) is 11.4. The molecule has 0 saturated carbocycles. The molecular weight excluding hydrogens is 507 g/mol. The lowest BCUT2D eigenvalue weighted by Crippen LogP contribution is -2.45. The molecule has 204 valence electrons. The molecule has 4 N–H and O–H groups in total. The number of aromatic nitrogens is 3. The number of nitrogens with two attached hydrogens (primary N) is 1. The van der Waals surface area contributed by atoms with Gasteiger partial charge in [0.05, 0.1) is 5.56 Å². The van der Waals surface area contributed by atoms with Gasteiger partial charge in [0, 0.05) is 38.6 Å². The summed E-state index contributed by atoms with van der Waals surface area (Å²) in [6.07, 6.45) is -3.50. The number of rotatable bonds is 6. The molecule has 10 nitrogen and oxygen atoms in total. The Morgan fingerprint density at radius 3 is 2.35 bits per heavy atom. The minimum Gasteiger partial charge on any atom is -0.494 e. The van der Waals surface area contributed by atoms with E-state index in [0.29, 0.717) is 11.4 Å². The fraction of sp³-hybridized carbons (Fsp3) is 0.545. The fourth-order valence-electron chi connectivity index (χ4n) is 3.84. The van der Waals surface area contributed by atoms with Gasteiger partial charge in [-0.3, -0.25) is 19.0 Å². The van der Waals surface area contributed by atoms with Crippen LogP contribution < -0.4 is 16.6 Å². The van der Waals surface area contributed by atoms with Gasteiger partial charge in [-0.1, -0.05) is 13.8 Å². The number of carbonyl (C=O) groups excluding carboxylic acids is 2. The van der Waals surface area contributed by atoms with Crippen LogP contribution in [-0.4, -0.2) is 67.2 Å². The number of fused-ring (bicyclic) bond motifs is 1. The Balaban J connectivity index is 2.08. The summed E-state index contributed by atoms with van der Waals surface area (Å²) in [6, 6.07) is -2.31. The third kappa shape index (κ3) is 5.85. The summed E-state index contributed by atoms with van der Waals surface area (Å²) in [4.78, 5) is 39.4. The quantitative estimate of drug-likeness (QED) is 0.385. The van der Waals surface area contributed by atoms with Crippen molar-refractivity contribution in [1.29, 1.82) is 0 Å². The van der Waals surface area contributed by atoms with E-state index in [1.807, 2.05) is 0 Å². The SMILES string of the molecule is CC(C)Cn1c(O)c(C(=O)N[C@@H](C)C(F)(F)F)c(=O)n2nc(N)c(/C=C/C(=O)N3CCC(F)(F)CC3)c12. The van der Waals surface area contributed by atoms with Gasteiger partial charge in [-0.15, -0.1) is 5.10 Å². The number of hydrogen-bond acceptors (Lipinski definition) is 6. The van der Waals surface area contributed by atoms with Crippen LogP contribution in [0.25, 0.3) is 11.7 Å². The Morgan fingerprint density at radius 1 is 1.22 bits per heavy atom. The smallest absolute Gasteiger partial charge is 0.408 e. The number of nitrogens with zero attached hydrogens (tertiary/aromatic N) is 4. The zero-order chi connectivity index (χ0) is 27.9. The van der Waals surface area contributed by atoms with E-state index in [1.54, 1.807) is 19.2 Å². The molecule has 2 aromatic rings. The number of aromatic hydroxyl groups is 1. The van der Waals surface area contributed by atoms with Crippen LogP contribution in [0.1, 0.15) is 49.5 Å². The number of piperidine rings is 1. The number of carbonyl (C=O) groups is 2.